The summed E-state index contributed by atoms with van der Waals surface area (Å²) < 4.78 is 10.4. The predicted octanol–water partition coefficient (Wildman–Crippen LogP) is 3.07. The van der Waals surface area contributed by atoms with E-state index in [-0.39, 0.29) is 23.2 Å². The van der Waals surface area contributed by atoms with Gasteiger partial charge in [-0.1, -0.05) is 13.8 Å². The van der Waals surface area contributed by atoms with E-state index >= 15 is 0 Å². The first-order valence-electron chi connectivity index (χ1n) is 7.28. The summed E-state index contributed by atoms with van der Waals surface area (Å²) in [6.07, 6.45) is 2.71. The molecule has 120 valence electrons. The van der Waals surface area contributed by atoms with E-state index in [9.17, 15) is 4.79 Å². The molecule has 3 aromatic rings. The van der Waals surface area contributed by atoms with Crippen LogP contribution in [0.5, 0.6) is 0 Å². The molecule has 2 aromatic heterocycles. The van der Waals surface area contributed by atoms with Crippen LogP contribution in [0.1, 0.15) is 41.3 Å². The highest BCUT2D eigenvalue weighted by Crippen LogP contribution is 2.30. The first-order valence-corrected chi connectivity index (χ1v) is 7.28. The standard InChI is InChI=1S/C17H14N4O3/c1-9(2)12-4-10(6-18)5-13-14(12)24-16(21-13)15-19-7-11(8-20-15)17(22)23-3/h4-5,7-9H,1-3H3. The Kier molecular flexibility index (Phi) is 3.96. The van der Waals surface area contributed by atoms with Crippen molar-refractivity contribution < 1.29 is 13.9 Å². The van der Waals surface area contributed by atoms with Crippen LogP contribution in [0.3, 0.4) is 0 Å². The predicted molar refractivity (Wildman–Crippen MR) is 85.2 cm³/mol. The van der Waals surface area contributed by atoms with Gasteiger partial charge in [0.05, 0.1) is 24.3 Å². The van der Waals surface area contributed by atoms with Crippen molar-refractivity contribution in [3.63, 3.8) is 0 Å². The minimum atomic E-state index is -0.514. The van der Waals surface area contributed by atoms with Crippen LogP contribution in [0, 0.1) is 11.3 Å². The van der Waals surface area contributed by atoms with Crippen molar-refractivity contribution in [2.75, 3.05) is 7.11 Å². The van der Waals surface area contributed by atoms with Crippen LogP contribution in [0.2, 0.25) is 0 Å². The molecule has 0 saturated carbocycles. The van der Waals surface area contributed by atoms with Gasteiger partial charge in [-0.2, -0.15) is 5.26 Å². The Balaban J connectivity index is 2.09. The Labute approximate surface area is 137 Å². The average molecular weight is 322 g/mol. The molecule has 0 aliphatic rings. The van der Waals surface area contributed by atoms with Gasteiger partial charge >= 0.3 is 5.97 Å². The fourth-order valence-electron chi connectivity index (χ4n) is 2.31. The number of carbonyl (C=O) groups is 1. The van der Waals surface area contributed by atoms with Crippen molar-refractivity contribution in [2.45, 2.75) is 19.8 Å². The van der Waals surface area contributed by atoms with Crippen molar-refractivity contribution in [1.29, 1.82) is 5.26 Å². The van der Waals surface area contributed by atoms with Gasteiger partial charge in [-0.05, 0) is 18.1 Å². The van der Waals surface area contributed by atoms with Crippen LogP contribution >= 0.6 is 0 Å². The Hall–Kier alpha value is -3.27. The number of oxazole rings is 1. The summed E-state index contributed by atoms with van der Waals surface area (Å²) in [4.78, 5) is 24.0. The lowest BCUT2D eigenvalue weighted by Gasteiger charge is -2.05. The molecule has 0 N–H and O–H groups in total. The van der Waals surface area contributed by atoms with Crippen LogP contribution in [-0.2, 0) is 4.74 Å². The van der Waals surface area contributed by atoms with E-state index in [1.807, 2.05) is 13.8 Å². The second kappa shape index (κ2) is 6.08. The fourth-order valence-corrected chi connectivity index (χ4v) is 2.31. The fraction of sp³-hybridized carbons (Fsp3) is 0.235. The minimum Gasteiger partial charge on any atom is -0.465 e. The van der Waals surface area contributed by atoms with Crippen LogP contribution in [0.25, 0.3) is 22.8 Å². The van der Waals surface area contributed by atoms with E-state index in [0.29, 0.717) is 16.7 Å². The van der Waals surface area contributed by atoms with Crippen molar-refractivity contribution in [2.24, 2.45) is 0 Å². The topological polar surface area (TPSA) is 102 Å². The molecule has 0 spiro atoms. The molecule has 0 amide bonds. The molecule has 0 atom stereocenters. The molecule has 0 aliphatic heterocycles. The molecular formula is C17H14N4O3. The maximum atomic E-state index is 11.4. The Morgan fingerprint density at radius 3 is 2.58 bits per heavy atom. The van der Waals surface area contributed by atoms with Gasteiger partial charge in [0.2, 0.25) is 5.82 Å². The molecule has 3 rings (SSSR count). The maximum absolute atomic E-state index is 11.4. The van der Waals surface area contributed by atoms with Crippen molar-refractivity contribution in [1.82, 2.24) is 15.0 Å². The minimum absolute atomic E-state index is 0.171. The Morgan fingerprint density at radius 1 is 1.29 bits per heavy atom. The van der Waals surface area contributed by atoms with Crippen molar-refractivity contribution in [3.05, 3.63) is 41.2 Å². The third-order valence-electron chi connectivity index (χ3n) is 3.53. The third kappa shape index (κ3) is 2.70. The number of fused-ring (bicyclic) bond motifs is 1. The number of carbonyl (C=O) groups excluding carboxylic acids is 1. The summed E-state index contributed by atoms with van der Waals surface area (Å²) in [6.45, 7) is 4.03. The molecule has 7 nitrogen and oxygen atoms in total. The summed E-state index contributed by atoms with van der Waals surface area (Å²) in [5.74, 6) is 0.148. The summed E-state index contributed by atoms with van der Waals surface area (Å²) >= 11 is 0. The highest BCUT2D eigenvalue weighted by atomic mass is 16.5. The van der Waals surface area contributed by atoms with E-state index < -0.39 is 5.97 Å². The molecule has 0 radical (unpaired) electrons. The van der Waals surface area contributed by atoms with Gasteiger partial charge in [-0.15, -0.1) is 0 Å². The molecule has 1 aromatic carbocycles. The van der Waals surface area contributed by atoms with Gasteiger partial charge < -0.3 is 9.15 Å². The number of hydrogen-bond donors (Lipinski definition) is 0. The van der Waals surface area contributed by atoms with Crippen LogP contribution in [-0.4, -0.2) is 28.0 Å². The molecular weight excluding hydrogens is 308 g/mol. The molecule has 0 fully saturated rings. The second-order valence-electron chi connectivity index (χ2n) is 5.49. The normalized spacial score (nSPS) is 10.8. The first kappa shape index (κ1) is 15.6. The average Bonchev–Trinajstić information content (AvgIpc) is 3.03. The van der Waals surface area contributed by atoms with Gasteiger partial charge in [-0.25, -0.2) is 19.7 Å². The number of nitrogens with zero attached hydrogens (tertiary/aromatic N) is 4. The number of esters is 1. The molecule has 0 unspecified atom stereocenters. The summed E-state index contributed by atoms with van der Waals surface area (Å²) in [7, 11) is 1.29. The lowest BCUT2D eigenvalue weighted by Crippen LogP contribution is -2.03. The lowest BCUT2D eigenvalue weighted by atomic mass is 10.00. The SMILES string of the molecule is COC(=O)c1cnc(-c2nc3cc(C#N)cc(C(C)C)c3o2)nc1. The van der Waals surface area contributed by atoms with E-state index in [2.05, 4.69) is 25.8 Å². The molecule has 0 saturated heterocycles. The highest BCUT2D eigenvalue weighted by Gasteiger charge is 2.17. The largest absolute Gasteiger partial charge is 0.465 e. The highest BCUT2D eigenvalue weighted by molar-refractivity contribution is 5.88. The smallest absolute Gasteiger partial charge is 0.341 e. The van der Waals surface area contributed by atoms with Crippen LogP contribution in [0.15, 0.2) is 28.9 Å². The van der Waals surface area contributed by atoms with Crippen LogP contribution < -0.4 is 0 Å². The number of ether oxygens (including phenoxy) is 1. The summed E-state index contributed by atoms with van der Waals surface area (Å²) in [5, 5.41) is 9.16. The number of rotatable bonds is 3. The van der Waals surface area contributed by atoms with Gasteiger partial charge in [0.1, 0.15) is 5.52 Å². The zero-order valence-electron chi connectivity index (χ0n) is 13.4. The van der Waals surface area contributed by atoms with Gasteiger partial charge in [0.25, 0.3) is 5.89 Å². The molecule has 0 bridgehead atoms. The number of hydrogen-bond acceptors (Lipinski definition) is 7. The second-order valence-corrected chi connectivity index (χ2v) is 5.49. The van der Waals surface area contributed by atoms with Crippen LogP contribution in [0.4, 0.5) is 0 Å². The Bertz CT molecular complexity index is 952. The van der Waals surface area contributed by atoms with Crippen molar-refractivity contribution >= 4 is 17.1 Å². The Morgan fingerprint density at radius 2 is 2.00 bits per heavy atom. The van der Waals surface area contributed by atoms with Crippen molar-refractivity contribution in [3.8, 4) is 17.8 Å². The molecule has 24 heavy (non-hydrogen) atoms. The van der Waals surface area contributed by atoms with E-state index in [1.165, 1.54) is 19.5 Å². The summed E-state index contributed by atoms with van der Waals surface area (Å²) in [5.41, 5.74) is 2.85. The number of nitriles is 1. The maximum Gasteiger partial charge on any atom is 0.341 e. The zero-order chi connectivity index (χ0) is 17.3. The molecule has 7 heteroatoms. The van der Waals surface area contributed by atoms with E-state index in [1.54, 1.807) is 12.1 Å². The van der Waals surface area contributed by atoms with Gasteiger partial charge in [-0.3, -0.25) is 0 Å². The quantitative estimate of drug-likeness (QED) is 0.683. The monoisotopic (exact) mass is 322 g/mol. The number of benzene rings is 1. The third-order valence-corrected chi connectivity index (χ3v) is 3.53. The van der Waals surface area contributed by atoms with Gasteiger partial charge in [0, 0.05) is 18.0 Å². The van der Waals surface area contributed by atoms with Gasteiger partial charge in [0.15, 0.2) is 5.58 Å². The number of aromatic nitrogens is 3. The molecule has 0 aliphatic carbocycles. The first-order chi connectivity index (χ1) is 11.5. The van der Waals surface area contributed by atoms with E-state index in [0.717, 1.165) is 5.56 Å². The summed E-state index contributed by atoms with van der Waals surface area (Å²) in [6, 6.07) is 5.58. The zero-order valence-corrected chi connectivity index (χ0v) is 13.4. The lowest BCUT2D eigenvalue weighted by molar-refractivity contribution is 0.0599. The number of methoxy groups -OCH3 is 1. The van der Waals surface area contributed by atoms with E-state index in [4.69, 9.17) is 9.68 Å². The molecule has 2 heterocycles.